The standard InChI is InChI=1S/C10H22N4O/c1-9(15)10-8-13-5-4-11-2-3-12-6-7-14-10/h10-14H,2-8H2,1H3. The molecule has 0 aromatic rings. The Morgan fingerprint density at radius 1 is 0.933 bits per heavy atom. The fourth-order valence-electron chi connectivity index (χ4n) is 1.54. The van der Waals surface area contributed by atoms with Crippen LogP contribution in [-0.4, -0.2) is 57.6 Å². The lowest BCUT2D eigenvalue weighted by Gasteiger charge is -2.18. The fourth-order valence-corrected chi connectivity index (χ4v) is 1.54. The molecule has 0 saturated carbocycles. The van der Waals surface area contributed by atoms with Crippen LogP contribution >= 0.6 is 0 Å². The summed E-state index contributed by atoms with van der Waals surface area (Å²) in [5, 5.41) is 13.1. The van der Waals surface area contributed by atoms with Crippen molar-refractivity contribution in [3.63, 3.8) is 0 Å². The van der Waals surface area contributed by atoms with Crippen molar-refractivity contribution in [3.05, 3.63) is 0 Å². The maximum Gasteiger partial charge on any atom is 0.147 e. The monoisotopic (exact) mass is 214 g/mol. The van der Waals surface area contributed by atoms with Crippen LogP contribution in [0.15, 0.2) is 0 Å². The minimum absolute atomic E-state index is 0.0498. The van der Waals surface area contributed by atoms with Crippen LogP contribution in [0.1, 0.15) is 6.92 Å². The Morgan fingerprint density at radius 2 is 1.47 bits per heavy atom. The largest absolute Gasteiger partial charge is 0.314 e. The van der Waals surface area contributed by atoms with Gasteiger partial charge in [0.1, 0.15) is 5.78 Å². The molecule has 1 saturated heterocycles. The number of hydrogen-bond acceptors (Lipinski definition) is 5. The van der Waals surface area contributed by atoms with Crippen molar-refractivity contribution >= 4 is 5.78 Å². The zero-order valence-electron chi connectivity index (χ0n) is 9.44. The smallest absolute Gasteiger partial charge is 0.147 e. The second-order valence-electron chi connectivity index (χ2n) is 3.82. The number of ketones is 1. The van der Waals surface area contributed by atoms with E-state index in [0.717, 1.165) is 45.8 Å². The molecule has 1 aliphatic rings. The molecule has 0 amide bonds. The highest BCUT2D eigenvalue weighted by Gasteiger charge is 2.12. The molecule has 5 nitrogen and oxygen atoms in total. The highest BCUT2D eigenvalue weighted by atomic mass is 16.1. The van der Waals surface area contributed by atoms with E-state index in [1.165, 1.54) is 0 Å². The number of hydrogen-bond donors (Lipinski definition) is 4. The molecule has 0 radical (unpaired) electrons. The van der Waals surface area contributed by atoms with Crippen molar-refractivity contribution in [2.75, 3.05) is 45.8 Å². The molecular weight excluding hydrogens is 192 g/mol. The van der Waals surface area contributed by atoms with Crippen molar-refractivity contribution in [2.24, 2.45) is 0 Å². The summed E-state index contributed by atoms with van der Waals surface area (Å²) in [6.45, 7) is 7.94. The van der Waals surface area contributed by atoms with Gasteiger partial charge in [-0.3, -0.25) is 4.79 Å². The fraction of sp³-hybridized carbons (Fsp3) is 0.900. The van der Waals surface area contributed by atoms with Gasteiger partial charge in [-0.15, -0.1) is 0 Å². The van der Waals surface area contributed by atoms with E-state index in [1.54, 1.807) is 6.92 Å². The molecule has 0 aromatic heterocycles. The van der Waals surface area contributed by atoms with Gasteiger partial charge in [-0.25, -0.2) is 0 Å². The molecule has 0 spiro atoms. The number of Topliss-reactive ketones (excluding diaryl/α,β-unsaturated/α-hetero) is 1. The summed E-state index contributed by atoms with van der Waals surface area (Å²) >= 11 is 0. The van der Waals surface area contributed by atoms with Gasteiger partial charge < -0.3 is 21.3 Å². The second kappa shape index (κ2) is 7.76. The third kappa shape index (κ3) is 5.84. The Labute approximate surface area is 91.4 Å². The SMILES string of the molecule is CC(=O)C1CNCCNCCNCCN1. The lowest BCUT2D eigenvalue weighted by molar-refractivity contribution is -0.118. The number of carbonyl (C=O) groups excluding carboxylic acids is 1. The summed E-state index contributed by atoms with van der Waals surface area (Å²) in [5.41, 5.74) is 0. The van der Waals surface area contributed by atoms with Gasteiger partial charge in [-0.05, 0) is 6.92 Å². The molecule has 1 unspecified atom stereocenters. The first-order valence-electron chi connectivity index (χ1n) is 5.66. The molecule has 0 aliphatic carbocycles. The van der Waals surface area contributed by atoms with Crippen LogP contribution in [0, 0.1) is 0 Å². The first-order valence-corrected chi connectivity index (χ1v) is 5.66. The summed E-state index contributed by atoms with van der Waals surface area (Å²) < 4.78 is 0. The van der Waals surface area contributed by atoms with Crippen LogP contribution in [0.2, 0.25) is 0 Å². The van der Waals surface area contributed by atoms with Gasteiger partial charge in [0.05, 0.1) is 6.04 Å². The predicted molar refractivity (Wildman–Crippen MR) is 61.1 cm³/mol. The molecule has 0 aromatic carbocycles. The quantitative estimate of drug-likeness (QED) is 0.420. The maximum absolute atomic E-state index is 11.3. The lowest BCUT2D eigenvalue weighted by Crippen LogP contribution is -2.48. The average molecular weight is 214 g/mol. The van der Waals surface area contributed by atoms with E-state index in [1.807, 2.05) is 0 Å². The Kier molecular flexibility index (Phi) is 6.50. The molecule has 0 bridgehead atoms. The average Bonchev–Trinajstić information content (AvgIpc) is 2.18. The lowest BCUT2D eigenvalue weighted by atomic mass is 10.2. The molecule has 88 valence electrons. The van der Waals surface area contributed by atoms with Crippen molar-refractivity contribution in [1.82, 2.24) is 21.3 Å². The van der Waals surface area contributed by atoms with E-state index < -0.39 is 0 Å². The normalized spacial score (nSPS) is 26.3. The summed E-state index contributed by atoms with van der Waals surface area (Å²) in [5.74, 6) is 0.201. The van der Waals surface area contributed by atoms with E-state index >= 15 is 0 Å². The molecule has 1 heterocycles. The Hall–Kier alpha value is -0.490. The molecular formula is C10H22N4O. The molecule has 5 heteroatoms. The van der Waals surface area contributed by atoms with E-state index in [-0.39, 0.29) is 11.8 Å². The minimum atomic E-state index is -0.0498. The predicted octanol–water partition coefficient (Wildman–Crippen LogP) is -1.68. The Bertz CT molecular complexity index is 174. The highest BCUT2D eigenvalue weighted by molar-refractivity contribution is 5.81. The number of rotatable bonds is 1. The summed E-state index contributed by atoms with van der Waals surface area (Å²) in [4.78, 5) is 11.3. The number of carbonyl (C=O) groups is 1. The van der Waals surface area contributed by atoms with E-state index in [4.69, 9.17) is 0 Å². The maximum atomic E-state index is 11.3. The van der Waals surface area contributed by atoms with E-state index in [2.05, 4.69) is 21.3 Å². The molecule has 1 atom stereocenters. The summed E-state index contributed by atoms with van der Waals surface area (Å²) in [6.07, 6.45) is 0. The highest BCUT2D eigenvalue weighted by Crippen LogP contribution is 1.84. The van der Waals surface area contributed by atoms with Crippen LogP contribution in [0.4, 0.5) is 0 Å². The van der Waals surface area contributed by atoms with Gasteiger partial charge in [0.25, 0.3) is 0 Å². The topological polar surface area (TPSA) is 65.2 Å². The Morgan fingerprint density at radius 3 is 2.07 bits per heavy atom. The molecule has 4 N–H and O–H groups in total. The van der Waals surface area contributed by atoms with Crippen LogP contribution in [0.3, 0.4) is 0 Å². The molecule has 1 rings (SSSR count). The van der Waals surface area contributed by atoms with Gasteiger partial charge in [0.2, 0.25) is 0 Å². The van der Waals surface area contributed by atoms with Gasteiger partial charge in [-0.1, -0.05) is 0 Å². The van der Waals surface area contributed by atoms with Gasteiger partial charge in [-0.2, -0.15) is 0 Å². The van der Waals surface area contributed by atoms with Crippen molar-refractivity contribution in [2.45, 2.75) is 13.0 Å². The third-order valence-electron chi connectivity index (χ3n) is 2.49. The first-order chi connectivity index (χ1) is 7.30. The molecule has 1 aliphatic heterocycles. The van der Waals surface area contributed by atoms with Crippen LogP contribution in [0.25, 0.3) is 0 Å². The van der Waals surface area contributed by atoms with Gasteiger partial charge >= 0.3 is 0 Å². The molecule has 15 heavy (non-hydrogen) atoms. The third-order valence-corrected chi connectivity index (χ3v) is 2.49. The van der Waals surface area contributed by atoms with E-state index in [0.29, 0.717) is 0 Å². The van der Waals surface area contributed by atoms with Crippen LogP contribution in [0.5, 0.6) is 0 Å². The van der Waals surface area contributed by atoms with Crippen molar-refractivity contribution in [1.29, 1.82) is 0 Å². The second-order valence-corrected chi connectivity index (χ2v) is 3.82. The van der Waals surface area contributed by atoms with E-state index in [9.17, 15) is 4.79 Å². The van der Waals surface area contributed by atoms with Crippen LogP contribution < -0.4 is 21.3 Å². The Balaban J connectivity index is 2.28. The van der Waals surface area contributed by atoms with Crippen molar-refractivity contribution < 1.29 is 4.79 Å². The zero-order chi connectivity index (χ0) is 10.9. The molecule has 1 fully saturated rings. The van der Waals surface area contributed by atoms with Gasteiger partial charge in [0.15, 0.2) is 0 Å². The first kappa shape index (κ1) is 12.6. The van der Waals surface area contributed by atoms with Gasteiger partial charge in [0, 0.05) is 45.8 Å². The minimum Gasteiger partial charge on any atom is -0.314 e. The van der Waals surface area contributed by atoms with Crippen LogP contribution in [-0.2, 0) is 4.79 Å². The van der Waals surface area contributed by atoms with Crippen molar-refractivity contribution in [3.8, 4) is 0 Å². The summed E-state index contributed by atoms with van der Waals surface area (Å²) in [6, 6.07) is -0.0498. The number of nitrogens with one attached hydrogen (secondary N) is 4. The zero-order valence-corrected chi connectivity index (χ0v) is 9.44. The summed E-state index contributed by atoms with van der Waals surface area (Å²) in [7, 11) is 0.